The van der Waals surface area contributed by atoms with Gasteiger partial charge in [0.15, 0.2) is 5.82 Å². The van der Waals surface area contributed by atoms with Crippen molar-refractivity contribution in [3.05, 3.63) is 59.0 Å². The zero-order valence-electron chi connectivity index (χ0n) is 18.0. The molecule has 32 heavy (non-hydrogen) atoms. The van der Waals surface area contributed by atoms with Gasteiger partial charge in [0.2, 0.25) is 5.95 Å². The average Bonchev–Trinajstić information content (AvgIpc) is 3.07. The Morgan fingerprint density at radius 3 is 2.62 bits per heavy atom. The quantitative estimate of drug-likeness (QED) is 0.604. The Bertz CT molecular complexity index is 1140. The van der Waals surface area contributed by atoms with Crippen molar-refractivity contribution < 1.29 is 4.39 Å². The molecule has 2 saturated heterocycles. The summed E-state index contributed by atoms with van der Waals surface area (Å²) in [7, 11) is 0. The maximum atomic E-state index is 13.5. The summed E-state index contributed by atoms with van der Waals surface area (Å²) >= 11 is 6.31. The van der Waals surface area contributed by atoms with Gasteiger partial charge in [-0.3, -0.25) is 9.47 Å². The lowest BCUT2D eigenvalue weighted by atomic mass is 9.73. The third-order valence-electron chi connectivity index (χ3n) is 6.92. The van der Waals surface area contributed by atoms with Crippen LogP contribution in [0.5, 0.6) is 0 Å². The van der Waals surface area contributed by atoms with Gasteiger partial charge < -0.3 is 9.80 Å². The lowest BCUT2D eigenvalue weighted by Crippen LogP contribution is -2.73. The van der Waals surface area contributed by atoms with E-state index < -0.39 is 6.67 Å². The molecule has 1 aromatic carbocycles. The summed E-state index contributed by atoms with van der Waals surface area (Å²) in [6, 6.07) is 11.7. The van der Waals surface area contributed by atoms with Gasteiger partial charge in [0.1, 0.15) is 12.5 Å². The van der Waals surface area contributed by atoms with E-state index in [4.69, 9.17) is 11.6 Å². The van der Waals surface area contributed by atoms with Crippen LogP contribution in [-0.2, 0) is 13.1 Å². The monoisotopic (exact) mass is 453 g/mol. The van der Waals surface area contributed by atoms with Crippen LogP contribution >= 0.6 is 11.6 Å². The molecule has 0 N–H and O–H groups in total. The molecule has 0 saturated carbocycles. The maximum absolute atomic E-state index is 13.5. The Kier molecular flexibility index (Phi) is 4.62. The van der Waals surface area contributed by atoms with Crippen LogP contribution in [-0.4, -0.2) is 63.5 Å². The van der Waals surface area contributed by atoms with E-state index in [-0.39, 0.29) is 11.5 Å². The van der Waals surface area contributed by atoms with E-state index in [1.165, 1.54) is 0 Å². The molecule has 3 aliphatic heterocycles. The average molecular weight is 454 g/mol. The zero-order valence-corrected chi connectivity index (χ0v) is 18.7. The highest BCUT2D eigenvalue weighted by molar-refractivity contribution is 6.30. The largest absolute Gasteiger partial charge is 0.355 e. The molecule has 1 unspecified atom stereocenters. The number of aromatic nitrogens is 4. The number of fused-ring (bicyclic) bond motifs is 3. The second-order valence-corrected chi connectivity index (χ2v) is 9.77. The fourth-order valence-electron chi connectivity index (χ4n) is 5.20. The molecule has 1 atom stereocenters. The van der Waals surface area contributed by atoms with Gasteiger partial charge in [-0.1, -0.05) is 17.7 Å². The topological polar surface area (TPSA) is 53.3 Å². The summed E-state index contributed by atoms with van der Waals surface area (Å²) in [6.07, 6.45) is 1.84. The van der Waals surface area contributed by atoms with Gasteiger partial charge in [0.25, 0.3) is 0 Å². The molecule has 3 aliphatic rings. The smallest absolute Gasteiger partial charge is 0.231 e. The summed E-state index contributed by atoms with van der Waals surface area (Å²) in [5.74, 6) is 2.74. The number of hydrogen-bond acceptors (Lipinski definition) is 6. The summed E-state index contributed by atoms with van der Waals surface area (Å²) in [5, 5.41) is 9.76. The van der Waals surface area contributed by atoms with Crippen molar-refractivity contribution in [3.63, 3.8) is 0 Å². The third kappa shape index (κ3) is 3.16. The fourth-order valence-corrected chi connectivity index (χ4v) is 5.39. The van der Waals surface area contributed by atoms with Crippen molar-refractivity contribution in [2.75, 3.05) is 42.7 Å². The number of anilines is 2. The van der Waals surface area contributed by atoms with Crippen molar-refractivity contribution in [1.29, 1.82) is 0 Å². The second kappa shape index (κ2) is 7.42. The first-order valence-electron chi connectivity index (χ1n) is 11.0. The third-order valence-corrected chi connectivity index (χ3v) is 7.16. The number of hydrogen-bond donors (Lipinski definition) is 0. The highest BCUT2D eigenvalue weighted by Crippen LogP contribution is 2.44. The number of rotatable bonds is 4. The predicted molar refractivity (Wildman–Crippen MR) is 122 cm³/mol. The molecule has 0 aliphatic carbocycles. The van der Waals surface area contributed by atoms with Gasteiger partial charge in [0, 0.05) is 55.4 Å². The second-order valence-electron chi connectivity index (χ2n) is 9.33. The van der Waals surface area contributed by atoms with Crippen LogP contribution in [0.2, 0.25) is 5.02 Å². The highest BCUT2D eigenvalue weighted by atomic mass is 35.5. The molecule has 0 amide bonds. The first kappa shape index (κ1) is 19.9. The van der Waals surface area contributed by atoms with E-state index in [9.17, 15) is 4.39 Å². The van der Waals surface area contributed by atoms with Gasteiger partial charge in [-0.05, 0) is 42.8 Å². The van der Waals surface area contributed by atoms with Crippen molar-refractivity contribution in [1.82, 2.24) is 24.6 Å². The Morgan fingerprint density at radius 1 is 1.06 bits per heavy atom. The van der Waals surface area contributed by atoms with Gasteiger partial charge in [-0.2, -0.15) is 0 Å². The zero-order chi connectivity index (χ0) is 21.9. The molecule has 9 heteroatoms. The molecular weight excluding hydrogens is 429 g/mol. The van der Waals surface area contributed by atoms with E-state index in [1.807, 2.05) is 43.5 Å². The van der Waals surface area contributed by atoms with Crippen molar-refractivity contribution in [2.45, 2.75) is 26.1 Å². The molecule has 2 aromatic heterocycles. The lowest BCUT2D eigenvalue weighted by molar-refractivity contribution is 0.153. The summed E-state index contributed by atoms with van der Waals surface area (Å²) < 4.78 is 15.6. The first-order chi connectivity index (χ1) is 15.5. The van der Waals surface area contributed by atoms with Gasteiger partial charge >= 0.3 is 0 Å². The Morgan fingerprint density at radius 2 is 1.88 bits per heavy atom. The lowest BCUT2D eigenvalue weighted by Gasteiger charge is -2.60. The van der Waals surface area contributed by atoms with Gasteiger partial charge in [-0.15, -0.1) is 10.2 Å². The molecular formula is C23H25ClFN7. The van der Waals surface area contributed by atoms with Crippen LogP contribution in [0.15, 0.2) is 42.6 Å². The minimum atomic E-state index is -0.404. The van der Waals surface area contributed by atoms with E-state index in [0.29, 0.717) is 18.1 Å². The SMILES string of the molecule is CC(CF)N1Cc2cc(Cl)ccc2-n2c(nnc2N2CC3(CN(c4ccccn4)C3)C2)C1. The standard InChI is InChI=1S/C23H25ClFN7/c1-16(9-25)29-10-17-8-18(24)5-6-19(17)32-21(11-29)27-28-22(32)31-14-23(15-31)12-30(13-23)20-4-2-3-7-26-20/h2-8,16H,9-15H2,1H3. The van der Waals surface area contributed by atoms with Gasteiger partial charge in [-0.25, -0.2) is 9.37 Å². The molecule has 0 bridgehead atoms. The van der Waals surface area contributed by atoms with Crippen molar-refractivity contribution in [2.24, 2.45) is 5.41 Å². The minimum Gasteiger partial charge on any atom is -0.355 e. The first-order valence-corrected chi connectivity index (χ1v) is 11.4. The fraction of sp³-hybridized carbons (Fsp3) is 0.435. The van der Waals surface area contributed by atoms with E-state index >= 15 is 0 Å². The maximum Gasteiger partial charge on any atom is 0.231 e. The van der Waals surface area contributed by atoms with Crippen LogP contribution in [0, 0.1) is 5.41 Å². The molecule has 1 spiro atoms. The predicted octanol–water partition coefficient (Wildman–Crippen LogP) is 3.32. The number of alkyl halides is 1. The van der Waals surface area contributed by atoms with E-state index in [2.05, 4.69) is 40.5 Å². The van der Waals surface area contributed by atoms with E-state index in [0.717, 1.165) is 55.0 Å². The van der Waals surface area contributed by atoms with Crippen LogP contribution in [0.1, 0.15) is 18.3 Å². The molecule has 7 nitrogen and oxygen atoms in total. The van der Waals surface area contributed by atoms with Crippen molar-refractivity contribution in [3.8, 4) is 5.69 Å². The molecule has 6 rings (SSSR count). The highest BCUT2D eigenvalue weighted by Gasteiger charge is 2.53. The summed E-state index contributed by atoms with van der Waals surface area (Å²) in [5.41, 5.74) is 2.38. The normalized spacial score (nSPS) is 20.2. The van der Waals surface area contributed by atoms with Crippen LogP contribution < -0.4 is 9.80 Å². The van der Waals surface area contributed by atoms with Crippen LogP contribution in [0.3, 0.4) is 0 Å². The molecule has 3 aromatic rings. The number of pyridine rings is 1. The Balaban J connectivity index is 1.26. The van der Waals surface area contributed by atoms with Crippen LogP contribution in [0.25, 0.3) is 5.69 Å². The summed E-state index contributed by atoms with van der Waals surface area (Å²) in [4.78, 5) is 11.2. The molecule has 0 radical (unpaired) electrons. The number of halogens is 2. The van der Waals surface area contributed by atoms with Crippen molar-refractivity contribution >= 4 is 23.4 Å². The Labute approximate surface area is 191 Å². The van der Waals surface area contributed by atoms with Gasteiger partial charge in [0.05, 0.1) is 12.2 Å². The van der Waals surface area contributed by atoms with E-state index in [1.54, 1.807) is 0 Å². The Hall–Kier alpha value is -2.71. The van der Waals surface area contributed by atoms with Crippen LogP contribution in [0.4, 0.5) is 16.2 Å². The number of nitrogens with zero attached hydrogens (tertiary/aromatic N) is 7. The summed E-state index contributed by atoms with van der Waals surface area (Å²) in [6.45, 7) is 6.59. The molecule has 5 heterocycles. The molecule has 2 fully saturated rings. The minimum absolute atomic E-state index is 0.201. The number of benzene rings is 1. The molecule has 166 valence electrons.